The van der Waals surface area contributed by atoms with Gasteiger partial charge in [-0.3, -0.25) is 10.1 Å². The van der Waals surface area contributed by atoms with Crippen LogP contribution in [-0.4, -0.2) is 51.2 Å². The summed E-state index contributed by atoms with van der Waals surface area (Å²) in [4.78, 5) is 12.3. The van der Waals surface area contributed by atoms with Gasteiger partial charge in [-0.25, -0.2) is 0 Å². The minimum Gasteiger partial charge on any atom is -0.491 e. The van der Waals surface area contributed by atoms with Crippen molar-refractivity contribution in [2.45, 2.75) is 6.92 Å². The molecule has 2 rings (SSSR count). The fraction of sp³-hybridized carbons (Fsp3) is 0.333. The number of methoxy groups -OCH3 is 1. The van der Waals surface area contributed by atoms with Crippen LogP contribution in [0.25, 0.3) is 0 Å². The molecular weight excluding hydrogens is 392 g/mol. The highest BCUT2D eigenvalue weighted by Gasteiger charge is 2.08. The maximum Gasteiger partial charge on any atom is 0.257 e. The van der Waals surface area contributed by atoms with Gasteiger partial charge in [-0.15, -0.1) is 0 Å². The number of nitrogens with one attached hydrogen (secondary N) is 2. The van der Waals surface area contributed by atoms with Gasteiger partial charge in [-0.1, -0.05) is 0 Å². The van der Waals surface area contributed by atoms with Crippen LogP contribution in [0.3, 0.4) is 0 Å². The van der Waals surface area contributed by atoms with Gasteiger partial charge >= 0.3 is 0 Å². The molecule has 0 aromatic heterocycles. The summed E-state index contributed by atoms with van der Waals surface area (Å²) in [6, 6.07) is 14.1. The second kappa shape index (κ2) is 12.7. The summed E-state index contributed by atoms with van der Waals surface area (Å²) in [6.07, 6.45) is 0. The lowest BCUT2D eigenvalue weighted by molar-refractivity contribution is 0.0977. The zero-order chi connectivity index (χ0) is 20.9. The van der Waals surface area contributed by atoms with Crippen molar-refractivity contribution < 1.29 is 23.7 Å². The Labute approximate surface area is 176 Å². The third-order valence-electron chi connectivity index (χ3n) is 3.71. The molecule has 0 aliphatic carbocycles. The minimum absolute atomic E-state index is 0.208. The maximum atomic E-state index is 12.3. The highest BCUT2D eigenvalue weighted by Crippen LogP contribution is 2.16. The number of anilines is 1. The van der Waals surface area contributed by atoms with Crippen LogP contribution in [0, 0.1) is 0 Å². The van der Waals surface area contributed by atoms with Crippen molar-refractivity contribution in [2.24, 2.45) is 0 Å². The molecule has 8 heteroatoms. The number of thiocarbonyl (C=S) groups is 1. The smallest absolute Gasteiger partial charge is 0.257 e. The maximum absolute atomic E-state index is 12.3. The van der Waals surface area contributed by atoms with E-state index < -0.39 is 0 Å². The van der Waals surface area contributed by atoms with Crippen molar-refractivity contribution in [1.82, 2.24) is 5.32 Å². The summed E-state index contributed by atoms with van der Waals surface area (Å²) in [6.45, 7) is 4.58. The largest absolute Gasteiger partial charge is 0.491 e. The van der Waals surface area contributed by atoms with Crippen LogP contribution < -0.4 is 20.1 Å². The summed E-state index contributed by atoms with van der Waals surface area (Å²) in [7, 11) is 1.62. The molecule has 0 bridgehead atoms. The topological polar surface area (TPSA) is 78.1 Å². The summed E-state index contributed by atoms with van der Waals surface area (Å²) >= 11 is 5.21. The average Bonchev–Trinajstić information content (AvgIpc) is 2.73. The number of hydrogen-bond acceptors (Lipinski definition) is 6. The first-order valence-electron chi connectivity index (χ1n) is 9.27. The van der Waals surface area contributed by atoms with Gasteiger partial charge in [0.15, 0.2) is 5.11 Å². The molecule has 0 saturated carbocycles. The first kappa shape index (κ1) is 22.6. The van der Waals surface area contributed by atoms with Crippen LogP contribution in [0.1, 0.15) is 17.3 Å². The molecule has 0 spiro atoms. The van der Waals surface area contributed by atoms with Crippen molar-refractivity contribution in [1.29, 1.82) is 0 Å². The summed E-state index contributed by atoms with van der Waals surface area (Å²) < 4.78 is 21.2. The normalized spacial score (nSPS) is 10.3. The van der Waals surface area contributed by atoms with E-state index in [1.165, 1.54) is 0 Å². The van der Waals surface area contributed by atoms with E-state index in [0.29, 0.717) is 44.3 Å². The average molecular weight is 419 g/mol. The zero-order valence-electron chi connectivity index (χ0n) is 16.6. The number of carbonyl (C=O) groups is 1. The molecule has 0 fully saturated rings. The highest BCUT2D eigenvalue weighted by atomic mass is 32.1. The van der Waals surface area contributed by atoms with Gasteiger partial charge in [-0.2, -0.15) is 0 Å². The number of ether oxygens (including phenoxy) is 4. The number of amides is 1. The van der Waals surface area contributed by atoms with Crippen LogP contribution in [0.4, 0.5) is 5.69 Å². The van der Waals surface area contributed by atoms with Crippen LogP contribution in [0.2, 0.25) is 0 Å². The molecule has 0 saturated heterocycles. The number of hydrogen-bond donors (Lipinski definition) is 2. The zero-order valence-corrected chi connectivity index (χ0v) is 17.4. The monoisotopic (exact) mass is 418 g/mol. The Hall–Kier alpha value is -2.68. The summed E-state index contributed by atoms with van der Waals surface area (Å²) in [5.41, 5.74) is 1.22. The second-order valence-electron chi connectivity index (χ2n) is 5.84. The van der Waals surface area contributed by atoms with Gasteiger partial charge < -0.3 is 24.3 Å². The van der Waals surface area contributed by atoms with Crippen molar-refractivity contribution in [3.63, 3.8) is 0 Å². The number of benzene rings is 2. The van der Waals surface area contributed by atoms with E-state index in [1.54, 1.807) is 31.4 Å². The molecule has 1 amide bonds. The van der Waals surface area contributed by atoms with Gasteiger partial charge in [0.05, 0.1) is 13.2 Å². The predicted molar refractivity (Wildman–Crippen MR) is 116 cm³/mol. The Kier molecular flexibility index (Phi) is 9.91. The Morgan fingerprint density at radius 3 is 2.07 bits per heavy atom. The van der Waals surface area contributed by atoms with E-state index in [-0.39, 0.29) is 11.0 Å². The van der Waals surface area contributed by atoms with Gasteiger partial charge in [0, 0.05) is 25.0 Å². The molecule has 0 heterocycles. The van der Waals surface area contributed by atoms with Crippen molar-refractivity contribution in [3.05, 3.63) is 54.1 Å². The van der Waals surface area contributed by atoms with Crippen LogP contribution in [-0.2, 0) is 9.47 Å². The van der Waals surface area contributed by atoms with Crippen LogP contribution in [0.15, 0.2) is 48.5 Å². The Balaban J connectivity index is 1.78. The molecule has 2 aromatic carbocycles. The first-order chi connectivity index (χ1) is 14.1. The van der Waals surface area contributed by atoms with Crippen molar-refractivity contribution >= 4 is 28.9 Å². The quantitative estimate of drug-likeness (QED) is 0.428. The summed E-state index contributed by atoms with van der Waals surface area (Å²) in [5.74, 6) is 1.10. The molecule has 29 heavy (non-hydrogen) atoms. The fourth-order valence-electron chi connectivity index (χ4n) is 2.28. The molecule has 2 N–H and O–H groups in total. The summed E-state index contributed by atoms with van der Waals surface area (Å²) in [5, 5.41) is 5.83. The lowest BCUT2D eigenvalue weighted by Gasteiger charge is -2.11. The Morgan fingerprint density at radius 2 is 1.48 bits per heavy atom. The SMILES string of the molecule is CCOCCOc1ccc(C(=O)NC(=S)Nc2ccc(OCCOC)cc2)cc1. The molecule has 0 radical (unpaired) electrons. The third kappa shape index (κ3) is 8.47. The van der Waals surface area contributed by atoms with Crippen molar-refractivity contribution in [2.75, 3.05) is 45.5 Å². The standard InChI is InChI=1S/C21H26N2O5S/c1-3-26-13-15-28-18-8-4-16(5-9-18)20(24)23-21(29)22-17-6-10-19(11-7-17)27-14-12-25-2/h4-11H,3,12-15H2,1-2H3,(H2,22,23,24,29). The molecule has 0 unspecified atom stereocenters. The van der Waals surface area contributed by atoms with E-state index in [1.807, 2.05) is 31.2 Å². The molecule has 156 valence electrons. The van der Waals surface area contributed by atoms with Gasteiger partial charge in [0.25, 0.3) is 5.91 Å². The van der Waals surface area contributed by atoms with E-state index in [0.717, 1.165) is 11.4 Å². The van der Waals surface area contributed by atoms with Gasteiger partial charge in [0.1, 0.15) is 24.7 Å². The fourth-order valence-corrected chi connectivity index (χ4v) is 2.49. The number of carbonyl (C=O) groups excluding carboxylic acids is 1. The van der Waals surface area contributed by atoms with Gasteiger partial charge in [0.2, 0.25) is 0 Å². The second-order valence-corrected chi connectivity index (χ2v) is 6.25. The minimum atomic E-state index is -0.303. The predicted octanol–water partition coefficient (Wildman–Crippen LogP) is 3.25. The van der Waals surface area contributed by atoms with E-state index in [4.69, 9.17) is 31.2 Å². The number of rotatable bonds is 11. The van der Waals surface area contributed by atoms with Gasteiger partial charge in [-0.05, 0) is 67.7 Å². The van der Waals surface area contributed by atoms with Crippen LogP contribution in [0.5, 0.6) is 11.5 Å². The highest BCUT2D eigenvalue weighted by molar-refractivity contribution is 7.80. The van der Waals surface area contributed by atoms with E-state index >= 15 is 0 Å². The van der Waals surface area contributed by atoms with Crippen molar-refractivity contribution in [3.8, 4) is 11.5 Å². The Bertz CT molecular complexity index is 766. The molecule has 7 nitrogen and oxygen atoms in total. The molecular formula is C21H26N2O5S. The first-order valence-corrected chi connectivity index (χ1v) is 9.68. The molecule has 0 atom stereocenters. The third-order valence-corrected chi connectivity index (χ3v) is 3.92. The van der Waals surface area contributed by atoms with E-state index in [9.17, 15) is 4.79 Å². The lowest BCUT2D eigenvalue weighted by atomic mass is 10.2. The Morgan fingerprint density at radius 1 is 0.897 bits per heavy atom. The van der Waals surface area contributed by atoms with Crippen LogP contribution >= 0.6 is 12.2 Å². The molecule has 2 aromatic rings. The molecule has 0 aliphatic rings. The molecule has 0 aliphatic heterocycles. The van der Waals surface area contributed by atoms with E-state index in [2.05, 4.69) is 10.6 Å². The lowest BCUT2D eigenvalue weighted by Crippen LogP contribution is -2.34.